The van der Waals surface area contributed by atoms with E-state index in [1.807, 2.05) is 11.9 Å². The van der Waals surface area contributed by atoms with Crippen molar-refractivity contribution >= 4 is 27.6 Å². The number of nitrogens with zero attached hydrogens (tertiary/aromatic N) is 4. The van der Waals surface area contributed by atoms with E-state index in [1.165, 1.54) is 0 Å². The molecule has 1 aromatic rings. The van der Waals surface area contributed by atoms with E-state index in [1.54, 1.807) is 17.3 Å². The van der Waals surface area contributed by atoms with Crippen LogP contribution in [0.1, 0.15) is 39.0 Å². The highest BCUT2D eigenvalue weighted by Gasteiger charge is 2.45. The number of anilines is 1. The van der Waals surface area contributed by atoms with Crippen LogP contribution in [-0.2, 0) is 14.8 Å². The van der Waals surface area contributed by atoms with E-state index in [-0.39, 0.29) is 30.0 Å². The highest BCUT2D eigenvalue weighted by molar-refractivity contribution is 7.89. The molecule has 8 nitrogen and oxygen atoms in total. The predicted molar refractivity (Wildman–Crippen MR) is 106 cm³/mol. The van der Waals surface area contributed by atoms with Gasteiger partial charge < -0.3 is 14.4 Å². The van der Waals surface area contributed by atoms with Gasteiger partial charge in [0.15, 0.2) is 0 Å². The number of aromatic nitrogens is 2. The molecule has 10 heteroatoms. The van der Waals surface area contributed by atoms with Gasteiger partial charge in [-0.3, -0.25) is 0 Å². The van der Waals surface area contributed by atoms with Crippen LogP contribution >= 0.6 is 11.6 Å². The third-order valence-electron chi connectivity index (χ3n) is 5.99. The van der Waals surface area contributed by atoms with E-state index in [0.29, 0.717) is 30.2 Å². The Kier molecular flexibility index (Phi) is 5.70. The van der Waals surface area contributed by atoms with Crippen LogP contribution in [0.3, 0.4) is 0 Å². The Bertz CT molecular complexity index is 806. The van der Waals surface area contributed by atoms with Crippen LogP contribution in [0.5, 0.6) is 5.88 Å². The first-order valence-electron chi connectivity index (χ1n) is 9.90. The van der Waals surface area contributed by atoms with Crippen molar-refractivity contribution in [3.63, 3.8) is 0 Å². The first-order valence-corrected chi connectivity index (χ1v) is 11.9. The fraction of sp³-hybridized carbons (Fsp3) is 0.778. The largest absolute Gasteiger partial charge is 0.469 e. The Morgan fingerprint density at radius 1 is 1.29 bits per heavy atom. The van der Waals surface area contributed by atoms with Crippen LogP contribution in [0.2, 0.25) is 5.15 Å². The van der Waals surface area contributed by atoms with Crippen molar-refractivity contribution in [3.05, 3.63) is 11.2 Å². The van der Waals surface area contributed by atoms with Crippen molar-refractivity contribution in [1.82, 2.24) is 14.3 Å². The molecule has 3 fully saturated rings. The van der Waals surface area contributed by atoms with E-state index < -0.39 is 10.0 Å². The molecule has 0 amide bonds. The summed E-state index contributed by atoms with van der Waals surface area (Å²) in [6.45, 7) is 2.83. The third-order valence-corrected chi connectivity index (χ3v) is 8.15. The molecule has 0 radical (unpaired) electrons. The molecule has 4 heterocycles. The molecule has 4 rings (SSSR count). The van der Waals surface area contributed by atoms with E-state index >= 15 is 0 Å². The van der Waals surface area contributed by atoms with Crippen LogP contribution in [-0.4, -0.2) is 72.9 Å². The molecule has 3 saturated heterocycles. The quantitative estimate of drug-likeness (QED) is 0.638. The van der Waals surface area contributed by atoms with Gasteiger partial charge in [-0.15, -0.1) is 0 Å². The van der Waals surface area contributed by atoms with Gasteiger partial charge in [-0.2, -0.15) is 9.29 Å². The number of sulfonamides is 1. The van der Waals surface area contributed by atoms with Crippen molar-refractivity contribution in [3.8, 4) is 5.88 Å². The van der Waals surface area contributed by atoms with Gasteiger partial charge in [-0.25, -0.2) is 13.4 Å². The summed E-state index contributed by atoms with van der Waals surface area (Å²) in [5.41, 5.74) is 0. The average Bonchev–Trinajstić information content (AvgIpc) is 2.62. The molecule has 3 aliphatic heterocycles. The molecule has 2 bridgehead atoms. The maximum atomic E-state index is 12.6. The van der Waals surface area contributed by atoms with Gasteiger partial charge in [0.05, 0.1) is 19.0 Å². The van der Waals surface area contributed by atoms with Gasteiger partial charge in [0.1, 0.15) is 11.3 Å². The number of rotatable bonds is 6. The second kappa shape index (κ2) is 7.93. The van der Waals surface area contributed by atoms with E-state index in [2.05, 4.69) is 9.97 Å². The number of ether oxygens (including phenoxy) is 2. The summed E-state index contributed by atoms with van der Waals surface area (Å²) in [5, 5.41) is 0.332. The molecular formula is C18H27ClN4O4S. The highest BCUT2D eigenvalue weighted by atomic mass is 35.5. The first kappa shape index (κ1) is 20.1. The summed E-state index contributed by atoms with van der Waals surface area (Å²) in [7, 11) is -1.24. The third kappa shape index (κ3) is 3.94. The smallest absolute Gasteiger partial charge is 0.230 e. The lowest BCUT2D eigenvalue weighted by molar-refractivity contribution is -0.0813. The van der Waals surface area contributed by atoms with Crippen LogP contribution < -0.4 is 9.64 Å². The lowest BCUT2D eigenvalue weighted by Crippen LogP contribution is -2.58. The van der Waals surface area contributed by atoms with Crippen LogP contribution in [0.25, 0.3) is 0 Å². The van der Waals surface area contributed by atoms with Crippen molar-refractivity contribution in [2.24, 2.45) is 0 Å². The minimum atomic E-state index is -3.19. The van der Waals surface area contributed by atoms with E-state index in [0.717, 1.165) is 32.1 Å². The maximum Gasteiger partial charge on any atom is 0.230 e. The lowest BCUT2D eigenvalue weighted by atomic mass is 9.83. The van der Waals surface area contributed by atoms with E-state index in [9.17, 15) is 8.42 Å². The summed E-state index contributed by atoms with van der Waals surface area (Å²) in [6, 6.07) is 1.87. The molecule has 3 atom stereocenters. The second-order valence-corrected chi connectivity index (χ2v) is 10.4. The first-order chi connectivity index (χ1) is 13.4. The Morgan fingerprint density at radius 3 is 2.54 bits per heavy atom. The zero-order chi connectivity index (χ0) is 19.9. The van der Waals surface area contributed by atoms with Crippen molar-refractivity contribution in [2.75, 3.05) is 30.9 Å². The Morgan fingerprint density at radius 2 is 1.96 bits per heavy atom. The number of hydrogen-bond donors (Lipinski definition) is 0. The SMILES string of the molecule is CCS(=O)(=O)N1[C@@H]2CCC[C@H]1CC(N(C)c1nc(Cl)cc(OC3COC3)n1)C2. The molecular weight excluding hydrogens is 404 g/mol. The van der Waals surface area contributed by atoms with Gasteiger partial charge >= 0.3 is 0 Å². The Labute approximate surface area is 171 Å². The molecule has 0 aromatic carbocycles. The lowest BCUT2D eigenvalue weighted by Gasteiger charge is -2.49. The molecule has 0 saturated carbocycles. The Hall–Kier alpha value is -1.16. The van der Waals surface area contributed by atoms with Crippen molar-refractivity contribution in [2.45, 2.75) is 63.3 Å². The fourth-order valence-electron chi connectivity index (χ4n) is 4.45. The summed E-state index contributed by atoms with van der Waals surface area (Å²) < 4.78 is 37.9. The minimum Gasteiger partial charge on any atom is -0.469 e. The zero-order valence-electron chi connectivity index (χ0n) is 16.3. The molecule has 0 N–H and O–H groups in total. The van der Waals surface area contributed by atoms with Crippen LogP contribution in [0.15, 0.2) is 6.07 Å². The standard InChI is InChI=1S/C18H27ClN4O4S/c1-3-28(24,25)23-12-5-4-6-13(23)8-14(7-12)22(2)18-20-16(19)9-17(21-18)27-15-10-26-11-15/h9,12-15H,3-8,10-11H2,1-2H3/t12-,13+,14?. The molecule has 156 valence electrons. The maximum absolute atomic E-state index is 12.6. The monoisotopic (exact) mass is 430 g/mol. The molecule has 28 heavy (non-hydrogen) atoms. The Balaban J connectivity index is 1.52. The average molecular weight is 431 g/mol. The number of hydrogen-bond acceptors (Lipinski definition) is 7. The second-order valence-electron chi connectivity index (χ2n) is 7.81. The number of fused-ring (bicyclic) bond motifs is 2. The van der Waals surface area contributed by atoms with Crippen LogP contribution in [0, 0.1) is 0 Å². The van der Waals surface area contributed by atoms with E-state index in [4.69, 9.17) is 21.1 Å². The topological polar surface area (TPSA) is 84.9 Å². The highest BCUT2D eigenvalue weighted by Crippen LogP contribution is 2.38. The summed E-state index contributed by atoms with van der Waals surface area (Å²) in [4.78, 5) is 10.9. The van der Waals surface area contributed by atoms with Gasteiger partial charge in [0, 0.05) is 31.2 Å². The van der Waals surface area contributed by atoms with Gasteiger partial charge in [0.25, 0.3) is 0 Å². The summed E-state index contributed by atoms with van der Waals surface area (Å²) in [6.07, 6.45) is 4.45. The molecule has 1 aromatic heterocycles. The molecule has 1 unspecified atom stereocenters. The zero-order valence-corrected chi connectivity index (χ0v) is 17.8. The fourth-order valence-corrected chi connectivity index (χ4v) is 6.21. The molecule has 0 spiro atoms. The van der Waals surface area contributed by atoms with Crippen LogP contribution in [0.4, 0.5) is 5.95 Å². The minimum absolute atomic E-state index is 0.00553. The van der Waals surface area contributed by atoms with Crippen molar-refractivity contribution in [1.29, 1.82) is 0 Å². The molecule has 3 aliphatic rings. The number of halogens is 1. The van der Waals surface area contributed by atoms with Gasteiger partial charge in [0.2, 0.25) is 21.9 Å². The van der Waals surface area contributed by atoms with Crippen molar-refractivity contribution < 1.29 is 17.9 Å². The normalized spacial score (nSPS) is 28.6. The molecule has 0 aliphatic carbocycles. The van der Waals surface area contributed by atoms with Gasteiger partial charge in [-0.1, -0.05) is 18.0 Å². The van der Waals surface area contributed by atoms with Gasteiger partial charge in [-0.05, 0) is 32.6 Å². The number of piperidine rings is 2. The summed E-state index contributed by atoms with van der Waals surface area (Å²) >= 11 is 6.20. The summed E-state index contributed by atoms with van der Waals surface area (Å²) in [5.74, 6) is 1.11. The predicted octanol–water partition coefficient (Wildman–Crippen LogP) is 2.08.